The summed E-state index contributed by atoms with van der Waals surface area (Å²) in [6.07, 6.45) is 2.46. The van der Waals surface area contributed by atoms with Crippen molar-refractivity contribution in [3.63, 3.8) is 0 Å². The Labute approximate surface area is 220 Å². The lowest BCUT2D eigenvalue weighted by Gasteiger charge is -2.63. The molecule has 9 heteroatoms. The summed E-state index contributed by atoms with van der Waals surface area (Å²) in [4.78, 5) is 30.1. The Bertz CT molecular complexity index is 1360. The normalized spacial score (nSPS) is 32.8. The quantitative estimate of drug-likeness (QED) is 0.497. The first-order valence-corrected chi connectivity index (χ1v) is 13.4. The molecule has 1 unspecified atom stereocenters. The third-order valence-corrected chi connectivity index (χ3v) is 9.61. The first-order chi connectivity index (χ1) is 18.3. The van der Waals surface area contributed by atoms with E-state index in [0.29, 0.717) is 35.9 Å². The van der Waals surface area contributed by atoms with E-state index in [2.05, 4.69) is 10.2 Å². The number of aliphatic hydroxyl groups is 1. The number of benzene rings is 2. The lowest BCUT2D eigenvalue weighted by atomic mass is 9.47. The number of phenolic OH excluding ortho intramolecular Hbond substituents is 1. The second kappa shape index (κ2) is 8.10. The van der Waals surface area contributed by atoms with E-state index in [0.717, 1.165) is 24.2 Å². The molecule has 1 saturated heterocycles. The summed E-state index contributed by atoms with van der Waals surface area (Å²) in [5.41, 5.74) is -0.166. The summed E-state index contributed by atoms with van der Waals surface area (Å²) < 4.78 is 16.9. The fraction of sp³-hybridized carbons (Fsp3) is 0.517. The predicted molar refractivity (Wildman–Crippen MR) is 137 cm³/mol. The van der Waals surface area contributed by atoms with Crippen LogP contribution in [0.3, 0.4) is 0 Å². The summed E-state index contributed by atoms with van der Waals surface area (Å²) in [6, 6.07) is 8.28. The zero-order valence-electron chi connectivity index (χ0n) is 21.5. The Morgan fingerprint density at radius 3 is 2.76 bits per heavy atom. The lowest BCUT2D eigenvalue weighted by molar-refractivity contribution is -0.197. The van der Waals surface area contributed by atoms with E-state index < -0.39 is 28.9 Å². The molecule has 0 radical (unpaired) electrons. The van der Waals surface area contributed by atoms with Gasteiger partial charge >= 0.3 is 0 Å². The van der Waals surface area contributed by atoms with Gasteiger partial charge in [-0.3, -0.25) is 14.5 Å². The van der Waals surface area contributed by atoms with Gasteiger partial charge in [0, 0.05) is 24.2 Å². The fourth-order valence-electron chi connectivity index (χ4n) is 7.65. The van der Waals surface area contributed by atoms with E-state index in [9.17, 15) is 19.8 Å². The van der Waals surface area contributed by atoms with Crippen molar-refractivity contribution >= 4 is 17.4 Å². The number of hydrogen-bond donors (Lipinski definition) is 3. The van der Waals surface area contributed by atoms with E-state index in [4.69, 9.17) is 14.2 Å². The molecule has 5 atom stereocenters. The number of amides is 1. The maximum atomic E-state index is 14.0. The van der Waals surface area contributed by atoms with Crippen LogP contribution in [0.4, 0.5) is 5.69 Å². The molecule has 200 valence electrons. The van der Waals surface area contributed by atoms with Crippen LogP contribution < -0.4 is 19.5 Å². The second-order valence-corrected chi connectivity index (χ2v) is 11.5. The molecule has 5 aliphatic rings. The maximum Gasteiger partial charge on any atom is 0.235 e. The molecule has 2 saturated carbocycles. The average Bonchev–Trinajstić information content (AvgIpc) is 3.65. The van der Waals surface area contributed by atoms with Crippen molar-refractivity contribution < 1.29 is 34.0 Å². The third-order valence-electron chi connectivity index (χ3n) is 9.61. The van der Waals surface area contributed by atoms with Gasteiger partial charge in [-0.05, 0) is 68.3 Å². The van der Waals surface area contributed by atoms with Gasteiger partial charge in [0.1, 0.15) is 17.4 Å². The van der Waals surface area contributed by atoms with Crippen LogP contribution in [0.2, 0.25) is 0 Å². The van der Waals surface area contributed by atoms with Crippen molar-refractivity contribution in [3.05, 3.63) is 41.5 Å². The molecule has 1 amide bonds. The summed E-state index contributed by atoms with van der Waals surface area (Å²) in [5.74, 6) is -0.140. The van der Waals surface area contributed by atoms with Crippen molar-refractivity contribution in [3.8, 4) is 23.0 Å². The Morgan fingerprint density at radius 1 is 1.21 bits per heavy atom. The molecular formula is C29H32N2O7. The van der Waals surface area contributed by atoms with Crippen LogP contribution in [0, 0.1) is 11.8 Å². The smallest absolute Gasteiger partial charge is 0.235 e. The first kappa shape index (κ1) is 23.8. The minimum absolute atomic E-state index is 0.00360. The second-order valence-electron chi connectivity index (χ2n) is 11.5. The molecule has 2 heterocycles. The molecule has 2 bridgehead atoms. The van der Waals surface area contributed by atoms with Crippen molar-refractivity contribution in [2.24, 2.45) is 11.8 Å². The van der Waals surface area contributed by atoms with Gasteiger partial charge in [0.2, 0.25) is 5.91 Å². The van der Waals surface area contributed by atoms with Gasteiger partial charge in [0.25, 0.3) is 0 Å². The number of carbonyl (C=O) groups excluding carboxylic acids is 2. The molecule has 3 N–H and O–H groups in total. The first-order valence-electron chi connectivity index (χ1n) is 13.4. The molecule has 2 aromatic rings. The van der Waals surface area contributed by atoms with Gasteiger partial charge < -0.3 is 29.7 Å². The summed E-state index contributed by atoms with van der Waals surface area (Å²) in [6.45, 7) is 1.65. The molecule has 2 aromatic carbocycles. The van der Waals surface area contributed by atoms with Crippen LogP contribution in [0.15, 0.2) is 30.3 Å². The van der Waals surface area contributed by atoms with E-state index in [-0.39, 0.29) is 29.7 Å². The largest absolute Gasteiger partial charge is 0.504 e. The Balaban J connectivity index is 1.29. The minimum Gasteiger partial charge on any atom is -0.504 e. The maximum absolute atomic E-state index is 14.0. The van der Waals surface area contributed by atoms with Crippen LogP contribution >= 0.6 is 0 Å². The lowest BCUT2D eigenvalue weighted by Crippen LogP contribution is -2.78. The van der Waals surface area contributed by atoms with Crippen LogP contribution in [0.1, 0.15) is 36.8 Å². The molecule has 1 spiro atoms. The van der Waals surface area contributed by atoms with E-state index in [1.54, 1.807) is 31.4 Å². The molecule has 7 rings (SSSR count). The van der Waals surface area contributed by atoms with E-state index >= 15 is 0 Å². The molecule has 2 aliphatic heterocycles. The number of ether oxygens (including phenoxy) is 3. The number of likely N-dealkylation sites (tertiary alicyclic amines) is 1. The van der Waals surface area contributed by atoms with Crippen molar-refractivity contribution in [1.82, 2.24) is 4.90 Å². The molecule has 3 fully saturated rings. The number of ketones is 1. The number of nitrogens with one attached hydrogen (secondary N) is 1. The Kier molecular flexibility index (Phi) is 5.07. The third kappa shape index (κ3) is 3.06. The molecule has 9 nitrogen and oxygen atoms in total. The average molecular weight is 521 g/mol. The monoisotopic (exact) mass is 520 g/mol. The summed E-state index contributed by atoms with van der Waals surface area (Å²) in [7, 11) is 3.04. The van der Waals surface area contributed by atoms with Gasteiger partial charge in [-0.1, -0.05) is 6.07 Å². The number of hydrogen-bond acceptors (Lipinski definition) is 8. The summed E-state index contributed by atoms with van der Waals surface area (Å²) >= 11 is 0. The van der Waals surface area contributed by atoms with Crippen LogP contribution in [-0.4, -0.2) is 71.9 Å². The molecule has 38 heavy (non-hydrogen) atoms. The number of anilines is 1. The Hall–Kier alpha value is -3.30. The Morgan fingerprint density at radius 2 is 2.03 bits per heavy atom. The van der Waals surface area contributed by atoms with Gasteiger partial charge in [-0.25, -0.2) is 0 Å². The van der Waals surface area contributed by atoms with Crippen molar-refractivity contribution in [2.75, 3.05) is 32.6 Å². The number of carbonyl (C=O) groups is 2. The number of aromatic hydroxyl groups is 1. The van der Waals surface area contributed by atoms with Gasteiger partial charge in [-0.2, -0.15) is 0 Å². The zero-order valence-corrected chi connectivity index (χ0v) is 21.5. The highest BCUT2D eigenvalue weighted by Gasteiger charge is 2.75. The number of rotatable bonds is 6. The van der Waals surface area contributed by atoms with Crippen LogP contribution in [0.5, 0.6) is 23.0 Å². The van der Waals surface area contributed by atoms with Crippen molar-refractivity contribution in [1.29, 1.82) is 0 Å². The van der Waals surface area contributed by atoms with Gasteiger partial charge in [0.05, 0.1) is 30.9 Å². The van der Waals surface area contributed by atoms with Gasteiger partial charge in [0.15, 0.2) is 23.4 Å². The highest BCUT2D eigenvalue weighted by Crippen LogP contribution is 2.65. The van der Waals surface area contributed by atoms with E-state index in [1.165, 1.54) is 20.0 Å². The summed E-state index contributed by atoms with van der Waals surface area (Å²) in [5, 5.41) is 26.2. The number of nitrogens with zero attached hydrogens (tertiary/aromatic N) is 1. The van der Waals surface area contributed by atoms with Crippen molar-refractivity contribution in [2.45, 2.75) is 55.3 Å². The molecule has 0 aromatic heterocycles. The zero-order chi connectivity index (χ0) is 26.4. The highest BCUT2D eigenvalue weighted by molar-refractivity contribution is 6.11. The fourth-order valence-corrected chi connectivity index (χ4v) is 7.65. The van der Waals surface area contributed by atoms with E-state index in [1.807, 2.05) is 6.07 Å². The van der Waals surface area contributed by atoms with Gasteiger partial charge in [-0.15, -0.1) is 0 Å². The van der Waals surface area contributed by atoms with Crippen LogP contribution in [0.25, 0.3) is 0 Å². The topological polar surface area (TPSA) is 118 Å². The number of methoxy groups -OCH3 is 2. The highest BCUT2D eigenvalue weighted by atomic mass is 16.5. The molecule has 3 aliphatic carbocycles. The molecular weight excluding hydrogens is 488 g/mol. The standard InChI is InChI=1S/C29H32N2O7/c1-36-17-6-7-19(21(12-17)37-2)30-27(34)18-13-29(35)22-11-16-5-8-20(32)25-23(16)28(29,26(38-25)24(18)33)9-10-31(22)14-15-3-4-15/h5-8,12,15,18,22,26,32,35H,3-4,9-11,13-14H2,1-2H3,(H,30,34)/t18?,22-,26+,28+,29-/m1/s1. The SMILES string of the molecule is COc1ccc(NC(=O)C2C[C@@]3(O)[C@H]4Cc5ccc(O)c6c5[C@@]3(CCN4CC3CC3)[C@@H](O6)C2=O)c(OC)c1. The predicted octanol–water partition coefficient (Wildman–Crippen LogP) is 2.41. The number of phenols is 1. The number of Topliss-reactive ketones (excluding diaryl/α,β-unsaturated/α-hetero) is 1. The minimum atomic E-state index is -1.36. The van der Waals surface area contributed by atoms with Crippen LogP contribution in [-0.2, 0) is 21.4 Å². The number of piperidine rings is 1.